The third kappa shape index (κ3) is 2.62. The molecule has 18 heavy (non-hydrogen) atoms. The van der Waals surface area contributed by atoms with E-state index in [9.17, 15) is 20.0 Å². The topological polar surface area (TPSA) is 105 Å². The van der Waals surface area contributed by atoms with Gasteiger partial charge >= 0.3 is 5.82 Å². The van der Waals surface area contributed by atoms with Crippen LogP contribution in [-0.2, 0) is 0 Å². The molecule has 0 bridgehead atoms. The van der Waals surface area contributed by atoms with Gasteiger partial charge in [0.2, 0.25) is 5.69 Å². The first-order chi connectivity index (χ1) is 8.58. The molecule has 1 heterocycles. The second-order valence-electron chi connectivity index (χ2n) is 4.22. The third-order valence-corrected chi connectivity index (χ3v) is 2.95. The molecule has 0 radical (unpaired) electrons. The number of pyridine rings is 1. The van der Waals surface area contributed by atoms with Gasteiger partial charge in [-0.05, 0) is 41.3 Å². The van der Waals surface area contributed by atoms with Crippen LogP contribution in [0.3, 0.4) is 0 Å². The summed E-state index contributed by atoms with van der Waals surface area (Å²) in [5, 5.41) is 22.8. The van der Waals surface area contributed by atoms with Crippen LogP contribution in [0.25, 0.3) is 0 Å². The molecule has 0 aromatic carbocycles. The van der Waals surface area contributed by atoms with Gasteiger partial charge in [0.25, 0.3) is 5.91 Å². The van der Waals surface area contributed by atoms with E-state index in [0.717, 1.165) is 6.42 Å². The highest BCUT2D eigenvalue weighted by Gasteiger charge is 2.28. The summed E-state index contributed by atoms with van der Waals surface area (Å²) in [5.74, 6) is -0.862. The van der Waals surface area contributed by atoms with E-state index in [0.29, 0.717) is 12.8 Å². The van der Waals surface area contributed by atoms with Crippen molar-refractivity contribution in [1.29, 1.82) is 0 Å². The molecule has 2 atom stereocenters. The Kier molecular flexibility index (Phi) is 3.52. The van der Waals surface area contributed by atoms with E-state index < -0.39 is 16.9 Å². The maximum atomic E-state index is 11.8. The molecule has 1 amide bonds. The van der Waals surface area contributed by atoms with Gasteiger partial charge in [-0.25, -0.2) is 0 Å². The van der Waals surface area contributed by atoms with Gasteiger partial charge in [0.05, 0.1) is 12.1 Å². The minimum absolute atomic E-state index is 0.0108. The first kappa shape index (κ1) is 12.4. The van der Waals surface area contributed by atoms with Crippen molar-refractivity contribution in [3.05, 3.63) is 34.0 Å². The van der Waals surface area contributed by atoms with E-state index in [2.05, 4.69) is 10.3 Å². The normalized spacial score (nSPS) is 22.7. The van der Waals surface area contributed by atoms with Crippen LogP contribution in [0.1, 0.15) is 29.8 Å². The number of aliphatic hydroxyl groups is 1. The van der Waals surface area contributed by atoms with Gasteiger partial charge < -0.3 is 20.5 Å². The fourth-order valence-corrected chi connectivity index (χ4v) is 2.00. The van der Waals surface area contributed by atoms with Gasteiger partial charge in [-0.1, -0.05) is 0 Å². The Labute approximate surface area is 103 Å². The third-order valence-electron chi connectivity index (χ3n) is 2.95. The maximum absolute atomic E-state index is 11.8. The van der Waals surface area contributed by atoms with Crippen LogP contribution in [0.15, 0.2) is 18.2 Å². The lowest BCUT2D eigenvalue weighted by Crippen LogP contribution is -2.40. The molecule has 0 spiro atoms. The Hall–Kier alpha value is -2.02. The summed E-state index contributed by atoms with van der Waals surface area (Å²) >= 11 is 0. The molecule has 0 saturated heterocycles. The molecule has 0 aliphatic heterocycles. The van der Waals surface area contributed by atoms with Gasteiger partial charge in [0, 0.05) is 6.07 Å². The zero-order valence-electron chi connectivity index (χ0n) is 9.57. The quantitative estimate of drug-likeness (QED) is 0.605. The minimum atomic E-state index is -0.652. The predicted octanol–water partition coefficient (Wildman–Crippen LogP) is 0.633. The summed E-state index contributed by atoms with van der Waals surface area (Å²) in [6, 6.07) is 3.74. The number of amides is 1. The summed E-state index contributed by atoms with van der Waals surface area (Å²) in [6.45, 7) is 0. The van der Waals surface area contributed by atoms with Crippen LogP contribution in [0.4, 0.5) is 5.82 Å². The van der Waals surface area contributed by atoms with E-state index in [4.69, 9.17) is 0 Å². The smallest absolute Gasteiger partial charge is 0.364 e. The number of carbonyl (C=O) groups excluding carboxylic acids is 1. The number of hydrogen-bond acceptors (Lipinski definition) is 5. The lowest BCUT2D eigenvalue weighted by Gasteiger charge is -2.14. The van der Waals surface area contributed by atoms with Gasteiger partial charge in [0.1, 0.15) is 0 Å². The zero-order chi connectivity index (χ0) is 13.1. The summed E-state index contributed by atoms with van der Waals surface area (Å²) in [4.78, 5) is 25.4. The van der Waals surface area contributed by atoms with Gasteiger partial charge in [-0.3, -0.25) is 4.79 Å². The summed E-state index contributed by atoms with van der Waals surface area (Å²) < 4.78 is 0. The molecular formula is C11H13N3O4. The van der Waals surface area contributed by atoms with E-state index in [1.165, 1.54) is 18.2 Å². The number of rotatable bonds is 3. The van der Waals surface area contributed by atoms with Crippen molar-refractivity contribution >= 4 is 11.7 Å². The largest absolute Gasteiger partial charge is 0.391 e. The highest BCUT2D eigenvalue weighted by molar-refractivity contribution is 5.92. The lowest BCUT2D eigenvalue weighted by atomic mass is 10.2. The molecule has 7 nitrogen and oxygen atoms in total. The van der Waals surface area contributed by atoms with E-state index in [1.807, 2.05) is 0 Å². The van der Waals surface area contributed by atoms with Crippen molar-refractivity contribution in [2.45, 2.75) is 31.4 Å². The molecule has 1 aromatic heterocycles. The van der Waals surface area contributed by atoms with Crippen molar-refractivity contribution in [1.82, 2.24) is 10.3 Å². The van der Waals surface area contributed by atoms with Crippen LogP contribution in [0.2, 0.25) is 0 Å². The van der Waals surface area contributed by atoms with Crippen LogP contribution in [-0.4, -0.2) is 33.1 Å². The number of nitro groups is 1. The Morgan fingerprint density at radius 3 is 2.89 bits per heavy atom. The molecule has 2 N–H and O–H groups in total. The maximum Gasteiger partial charge on any atom is 0.364 e. The van der Waals surface area contributed by atoms with E-state index in [1.54, 1.807) is 0 Å². The Balaban J connectivity index is 2.09. The van der Waals surface area contributed by atoms with Crippen LogP contribution < -0.4 is 5.32 Å². The van der Waals surface area contributed by atoms with E-state index in [-0.39, 0.29) is 17.6 Å². The fraction of sp³-hybridized carbons (Fsp3) is 0.455. The molecule has 1 aromatic rings. The molecule has 96 valence electrons. The Bertz CT molecular complexity index is 477. The van der Waals surface area contributed by atoms with Crippen LogP contribution in [0, 0.1) is 10.1 Å². The molecule has 0 unspecified atom stereocenters. The average Bonchev–Trinajstić information content (AvgIpc) is 2.75. The van der Waals surface area contributed by atoms with Crippen LogP contribution in [0.5, 0.6) is 0 Å². The van der Waals surface area contributed by atoms with Gasteiger partial charge in [-0.15, -0.1) is 0 Å². The van der Waals surface area contributed by atoms with Gasteiger partial charge in [0.15, 0.2) is 0 Å². The minimum Gasteiger partial charge on any atom is -0.391 e. The van der Waals surface area contributed by atoms with Crippen LogP contribution >= 0.6 is 0 Å². The van der Waals surface area contributed by atoms with Crippen molar-refractivity contribution in [2.75, 3.05) is 0 Å². The fourth-order valence-electron chi connectivity index (χ4n) is 2.00. The molecule has 1 fully saturated rings. The SMILES string of the molecule is O=C(N[C@H]1CCC[C@@H]1O)c1cccc([N+](=O)[O-])n1. The first-order valence-electron chi connectivity index (χ1n) is 5.68. The number of nitrogens with zero attached hydrogens (tertiary/aromatic N) is 2. The number of carbonyl (C=O) groups is 1. The highest BCUT2D eigenvalue weighted by atomic mass is 16.6. The Morgan fingerprint density at radius 2 is 2.28 bits per heavy atom. The van der Waals surface area contributed by atoms with Crippen molar-refractivity contribution < 1.29 is 14.8 Å². The van der Waals surface area contributed by atoms with Crippen molar-refractivity contribution in [3.8, 4) is 0 Å². The second kappa shape index (κ2) is 5.09. The molecule has 1 saturated carbocycles. The molecule has 1 aliphatic rings. The summed E-state index contributed by atoms with van der Waals surface area (Å²) in [5.41, 5.74) is -0.0108. The lowest BCUT2D eigenvalue weighted by molar-refractivity contribution is -0.389. The predicted molar refractivity (Wildman–Crippen MR) is 62.0 cm³/mol. The molecular weight excluding hydrogens is 238 g/mol. The average molecular weight is 251 g/mol. The molecule has 2 rings (SSSR count). The number of nitrogens with one attached hydrogen (secondary N) is 1. The van der Waals surface area contributed by atoms with Crippen molar-refractivity contribution in [2.24, 2.45) is 0 Å². The second-order valence-corrected chi connectivity index (χ2v) is 4.22. The number of hydrogen-bond donors (Lipinski definition) is 2. The standard InChI is InChI=1S/C11H13N3O4/c15-9-5-1-3-7(9)13-11(16)8-4-2-6-10(12-8)14(17)18/h2,4,6-7,9,15H,1,3,5H2,(H,13,16)/t7-,9-/m0/s1. The number of aliphatic hydroxyl groups excluding tert-OH is 1. The van der Waals surface area contributed by atoms with E-state index >= 15 is 0 Å². The monoisotopic (exact) mass is 251 g/mol. The highest BCUT2D eigenvalue weighted by Crippen LogP contribution is 2.19. The summed E-state index contributed by atoms with van der Waals surface area (Å²) in [7, 11) is 0. The summed E-state index contributed by atoms with van der Waals surface area (Å²) in [6.07, 6.45) is 1.68. The first-order valence-corrected chi connectivity index (χ1v) is 5.68. The Morgan fingerprint density at radius 1 is 1.50 bits per heavy atom. The molecule has 1 aliphatic carbocycles. The number of aromatic nitrogens is 1. The molecule has 7 heteroatoms. The van der Waals surface area contributed by atoms with Crippen molar-refractivity contribution in [3.63, 3.8) is 0 Å². The van der Waals surface area contributed by atoms with Gasteiger partial charge in [-0.2, -0.15) is 0 Å². The zero-order valence-corrected chi connectivity index (χ0v) is 9.57.